The number of nitrogens with zero attached hydrogens (tertiary/aromatic N) is 2. The van der Waals surface area contributed by atoms with Gasteiger partial charge in [0.25, 0.3) is 0 Å². The van der Waals surface area contributed by atoms with E-state index < -0.39 is 0 Å². The third-order valence-electron chi connectivity index (χ3n) is 3.09. The van der Waals surface area contributed by atoms with Crippen molar-refractivity contribution in [3.8, 4) is 5.69 Å². The van der Waals surface area contributed by atoms with Gasteiger partial charge in [0.2, 0.25) is 0 Å². The number of imidazole rings is 1. The van der Waals surface area contributed by atoms with Gasteiger partial charge in [-0.15, -0.1) is 11.6 Å². The van der Waals surface area contributed by atoms with Crippen LogP contribution in [0.1, 0.15) is 18.1 Å². The van der Waals surface area contributed by atoms with Crippen LogP contribution in [-0.4, -0.2) is 9.55 Å². The molecule has 0 amide bonds. The minimum atomic E-state index is -0.293. The first kappa shape index (κ1) is 13.8. The number of benzene rings is 2. The van der Waals surface area contributed by atoms with Crippen molar-refractivity contribution in [2.24, 2.45) is 0 Å². The first-order chi connectivity index (χ1) is 9.58. The highest BCUT2D eigenvalue weighted by Crippen LogP contribution is 2.30. The summed E-state index contributed by atoms with van der Waals surface area (Å²) in [6.07, 6.45) is 0. The van der Waals surface area contributed by atoms with Gasteiger partial charge < -0.3 is 0 Å². The van der Waals surface area contributed by atoms with Crippen molar-refractivity contribution >= 4 is 45.2 Å². The molecule has 1 unspecified atom stereocenters. The third kappa shape index (κ3) is 2.31. The van der Waals surface area contributed by atoms with Gasteiger partial charge in [-0.3, -0.25) is 4.57 Å². The summed E-state index contributed by atoms with van der Waals surface area (Å²) in [7, 11) is 0. The molecule has 2 aromatic carbocycles. The Morgan fingerprint density at radius 2 is 2.00 bits per heavy atom. The van der Waals surface area contributed by atoms with Crippen molar-refractivity contribution in [2.75, 3.05) is 0 Å². The summed E-state index contributed by atoms with van der Waals surface area (Å²) in [5.41, 5.74) is 2.48. The molecule has 0 bridgehead atoms. The highest BCUT2D eigenvalue weighted by molar-refractivity contribution is 14.1. The Bertz CT molecular complexity index is 783. The molecular weight excluding hydrogens is 390 g/mol. The average molecular weight is 401 g/mol. The fourth-order valence-electron chi connectivity index (χ4n) is 2.23. The predicted octanol–water partition coefficient (Wildman–Crippen LogP) is 5.07. The van der Waals surface area contributed by atoms with E-state index in [2.05, 4.69) is 27.6 Å². The van der Waals surface area contributed by atoms with E-state index in [1.807, 2.05) is 35.8 Å². The Morgan fingerprint density at radius 1 is 1.25 bits per heavy atom. The zero-order valence-electron chi connectivity index (χ0n) is 10.6. The molecule has 3 aromatic rings. The van der Waals surface area contributed by atoms with Crippen LogP contribution in [0, 0.1) is 9.39 Å². The maximum atomic E-state index is 13.4. The molecule has 1 aromatic heterocycles. The molecule has 0 radical (unpaired) electrons. The van der Waals surface area contributed by atoms with E-state index in [9.17, 15) is 4.39 Å². The van der Waals surface area contributed by atoms with Crippen LogP contribution in [0.4, 0.5) is 4.39 Å². The highest BCUT2D eigenvalue weighted by Gasteiger charge is 2.17. The van der Waals surface area contributed by atoms with Crippen LogP contribution in [0.5, 0.6) is 0 Å². The van der Waals surface area contributed by atoms with Gasteiger partial charge in [0.1, 0.15) is 11.6 Å². The van der Waals surface area contributed by atoms with Crippen molar-refractivity contribution in [2.45, 2.75) is 12.3 Å². The molecule has 0 N–H and O–H groups in total. The van der Waals surface area contributed by atoms with Gasteiger partial charge in [-0.1, -0.05) is 12.1 Å². The van der Waals surface area contributed by atoms with Crippen molar-refractivity contribution in [3.05, 3.63) is 57.7 Å². The molecule has 2 nitrogen and oxygen atoms in total. The fourth-order valence-corrected chi connectivity index (χ4v) is 3.00. The van der Waals surface area contributed by atoms with Gasteiger partial charge in [-0.2, -0.15) is 0 Å². The second kappa shape index (κ2) is 5.33. The monoisotopic (exact) mass is 400 g/mol. The van der Waals surface area contributed by atoms with Gasteiger partial charge >= 0.3 is 0 Å². The highest BCUT2D eigenvalue weighted by atomic mass is 127. The lowest BCUT2D eigenvalue weighted by atomic mass is 10.2. The maximum Gasteiger partial charge on any atom is 0.132 e. The van der Waals surface area contributed by atoms with Gasteiger partial charge in [-0.25, -0.2) is 9.37 Å². The number of halogens is 3. The number of rotatable bonds is 2. The fraction of sp³-hybridized carbons (Fsp3) is 0.133. The zero-order valence-corrected chi connectivity index (χ0v) is 13.6. The second-order valence-electron chi connectivity index (χ2n) is 4.51. The van der Waals surface area contributed by atoms with Crippen LogP contribution in [0.15, 0.2) is 42.5 Å². The van der Waals surface area contributed by atoms with Crippen LogP contribution in [0.25, 0.3) is 16.7 Å². The molecule has 0 saturated heterocycles. The van der Waals surface area contributed by atoms with Gasteiger partial charge in [-0.05, 0) is 53.8 Å². The summed E-state index contributed by atoms with van der Waals surface area (Å²) in [6, 6.07) is 12.6. The van der Waals surface area contributed by atoms with Crippen molar-refractivity contribution < 1.29 is 4.39 Å². The summed E-state index contributed by atoms with van der Waals surface area (Å²) in [5.74, 6) is 0.426. The summed E-state index contributed by atoms with van der Waals surface area (Å²) in [6.45, 7) is 1.87. The lowest BCUT2D eigenvalue weighted by Crippen LogP contribution is -2.03. The third-order valence-corrected chi connectivity index (χ3v) is 4.20. The number of para-hydroxylation sites is 1. The maximum absolute atomic E-state index is 13.4. The lowest BCUT2D eigenvalue weighted by Gasteiger charge is -2.12. The first-order valence-electron chi connectivity index (χ1n) is 6.15. The predicted molar refractivity (Wildman–Crippen MR) is 88.0 cm³/mol. The molecular formula is C15H11ClFIN2. The summed E-state index contributed by atoms with van der Waals surface area (Å²) in [5, 5.41) is -0.263. The smallest absolute Gasteiger partial charge is 0.132 e. The number of fused-ring (bicyclic) bond motifs is 1. The molecule has 0 aliphatic heterocycles. The quantitative estimate of drug-likeness (QED) is 0.434. The molecule has 0 fully saturated rings. The molecule has 0 spiro atoms. The molecule has 3 rings (SSSR count). The van der Waals surface area contributed by atoms with Crippen molar-refractivity contribution in [1.82, 2.24) is 9.55 Å². The Balaban J connectivity index is 2.38. The van der Waals surface area contributed by atoms with E-state index in [1.54, 1.807) is 6.07 Å². The van der Waals surface area contributed by atoms with E-state index >= 15 is 0 Å². The molecule has 5 heteroatoms. The van der Waals surface area contributed by atoms with E-state index in [4.69, 9.17) is 11.6 Å². The minimum absolute atomic E-state index is 0.263. The number of hydrogen-bond donors (Lipinski definition) is 0. The summed E-state index contributed by atoms with van der Waals surface area (Å²) < 4.78 is 16.5. The van der Waals surface area contributed by atoms with Crippen molar-refractivity contribution in [1.29, 1.82) is 0 Å². The SMILES string of the molecule is CC(Cl)c1nc2cc(F)ccc2n1-c1ccccc1I. The number of alkyl halides is 1. The Kier molecular flexibility index (Phi) is 3.69. The Morgan fingerprint density at radius 3 is 2.70 bits per heavy atom. The molecule has 102 valence electrons. The second-order valence-corrected chi connectivity index (χ2v) is 6.32. The van der Waals surface area contributed by atoms with E-state index in [1.165, 1.54) is 12.1 Å². The van der Waals surface area contributed by atoms with Crippen LogP contribution in [-0.2, 0) is 0 Å². The lowest BCUT2D eigenvalue weighted by molar-refractivity contribution is 0.629. The van der Waals surface area contributed by atoms with Gasteiger partial charge in [0.05, 0.1) is 22.1 Å². The Hall–Kier alpha value is -1.14. The molecule has 0 aliphatic carbocycles. The van der Waals surface area contributed by atoms with Crippen molar-refractivity contribution in [3.63, 3.8) is 0 Å². The zero-order chi connectivity index (χ0) is 14.3. The molecule has 0 aliphatic rings. The molecule has 20 heavy (non-hydrogen) atoms. The summed E-state index contributed by atoms with van der Waals surface area (Å²) in [4.78, 5) is 4.48. The van der Waals surface area contributed by atoms with E-state index in [0.717, 1.165) is 20.6 Å². The Labute approximate surface area is 134 Å². The first-order valence-corrected chi connectivity index (χ1v) is 7.66. The van der Waals surface area contributed by atoms with Crippen LogP contribution < -0.4 is 0 Å². The normalized spacial score (nSPS) is 12.8. The standard InChI is InChI=1S/C15H11ClFIN2/c1-9(16)15-19-12-8-10(17)6-7-14(12)20(15)13-5-3-2-4-11(13)18/h2-9H,1H3. The summed E-state index contributed by atoms with van der Waals surface area (Å²) >= 11 is 8.52. The van der Waals surface area contributed by atoms with Crippen LogP contribution in [0.2, 0.25) is 0 Å². The van der Waals surface area contributed by atoms with Crippen LogP contribution in [0.3, 0.4) is 0 Å². The molecule has 0 saturated carbocycles. The molecule has 1 atom stereocenters. The van der Waals surface area contributed by atoms with Crippen LogP contribution >= 0.6 is 34.2 Å². The van der Waals surface area contributed by atoms with Gasteiger partial charge in [0.15, 0.2) is 0 Å². The average Bonchev–Trinajstić information content (AvgIpc) is 2.78. The van der Waals surface area contributed by atoms with E-state index in [-0.39, 0.29) is 11.2 Å². The topological polar surface area (TPSA) is 17.8 Å². The van der Waals surface area contributed by atoms with Gasteiger partial charge in [0, 0.05) is 9.64 Å². The molecule has 1 heterocycles. The van der Waals surface area contributed by atoms with E-state index in [0.29, 0.717) is 5.52 Å². The number of aromatic nitrogens is 2. The minimum Gasteiger partial charge on any atom is -0.294 e. The largest absolute Gasteiger partial charge is 0.294 e. The number of hydrogen-bond acceptors (Lipinski definition) is 1.